The summed E-state index contributed by atoms with van der Waals surface area (Å²) in [6.07, 6.45) is 28.5. The molecule has 9 rings (SSSR count). The molecule has 0 bridgehead atoms. The van der Waals surface area contributed by atoms with Crippen LogP contribution in [0.3, 0.4) is 0 Å². The van der Waals surface area contributed by atoms with Gasteiger partial charge in [0.25, 0.3) is 0 Å². The van der Waals surface area contributed by atoms with Crippen molar-refractivity contribution in [3.05, 3.63) is 250 Å². The number of rotatable bonds is 9. The van der Waals surface area contributed by atoms with Gasteiger partial charge in [0.05, 0.1) is 0 Å². The molecule has 0 fully saturated rings. The van der Waals surface area contributed by atoms with Gasteiger partial charge in [0, 0.05) is 11.8 Å². The zero-order valence-electron chi connectivity index (χ0n) is 44.1. The van der Waals surface area contributed by atoms with Crippen molar-refractivity contribution in [1.82, 2.24) is 0 Å². The van der Waals surface area contributed by atoms with Crippen LogP contribution < -0.4 is 0 Å². The highest BCUT2D eigenvalue weighted by Gasteiger charge is 2.30. The van der Waals surface area contributed by atoms with E-state index >= 15 is 0 Å². The Kier molecular flexibility index (Phi) is 22.0. The first-order chi connectivity index (χ1) is 33.6. The van der Waals surface area contributed by atoms with Crippen molar-refractivity contribution in [2.24, 2.45) is 11.8 Å². The number of hydrogen-bond donors (Lipinski definition) is 0. The molecule has 3 aliphatic carbocycles. The summed E-state index contributed by atoms with van der Waals surface area (Å²) in [6.45, 7) is 23.9. The smallest absolute Gasteiger partial charge is 0.0101 e. The Balaban J connectivity index is 0.000000207. The molecule has 6 aromatic rings. The molecule has 0 heteroatoms. The Morgan fingerprint density at radius 2 is 1.23 bits per heavy atom. The average molecular weight is 911 g/mol. The van der Waals surface area contributed by atoms with E-state index in [4.69, 9.17) is 0 Å². The Bertz CT molecular complexity index is 2580. The lowest BCUT2D eigenvalue weighted by atomic mass is 9.70. The standard InChI is InChI=1S/C34H38.2C13H12.C7H14.C2H6/c1-5-24(3)31-21-20-30(28-18-16-27(17-19-28)26-13-10-23(2)11-14-26)22-33(31)34-25(4)12-15-29-8-6-7-9-32(29)34;2*1-11-6-5-9-13(10-11)12-7-3-2-4-8-12;1-4-6-7(3)5-2;1-2/h7,9-13,15-22,24,26,31,33H,5-6,8,14H2,1-4H3;2*2-10H,1H3;5H,4,6H2,1-3H3;1-2H3/b;;;7-5+;. The lowest BCUT2D eigenvalue weighted by molar-refractivity contribution is 0.383. The second-order valence-electron chi connectivity index (χ2n) is 18.9. The van der Waals surface area contributed by atoms with Gasteiger partial charge in [0.1, 0.15) is 0 Å². The molecule has 4 unspecified atom stereocenters. The Labute approximate surface area is 420 Å². The van der Waals surface area contributed by atoms with E-state index < -0.39 is 0 Å². The second-order valence-corrected chi connectivity index (χ2v) is 18.9. The minimum atomic E-state index is 0.418. The molecular weight excluding hydrogens is 829 g/mol. The van der Waals surface area contributed by atoms with Crippen molar-refractivity contribution in [3.8, 4) is 22.3 Å². The Morgan fingerprint density at radius 1 is 0.638 bits per heavy atom. The van der Waals surface area contributed by atoms with Crippen molar-refractivity contribution in [2.45, 2.75) is 127 Å². The van der Waals surface area contributed by atoms with Crippen LogP contribution in [0.25, 0.3) is 33.9 Å². The molecule has 0 aliphatic heterocycles. The zero-order valence-corrected chi connectivity index (χ0v) is 44.1. The number of allylic oxidation sites excluding steroid dienone is 11. The molecule has 0 amide bonds. The van der Waals surface area contributed by atoms with Gasteiger partial charge in [-0.2, -0.15) is 0 Å². The molecule has 0 saturated carbocycles. The van der Waals surface area contributed by atoms with Gasteiger partial charge < -0.3 is 0 Å². The van der Waals surface area contributed by atoms with Crippen LogP contribution in [0.4, 0.5) is 0 Å². The molecule has 0 radical (unpaired) electrons. The first-order valence-corrected chi connectivity index (χ1v) is 26.1. The van der Waals surface area contributed by atoms with E-state index in [9.17, 15) is 0 Å². The summed E-state index contributed by atoms with van der Waals surface area (Å²) >= 11 is 0. The molecule has 0 N–H and O–H groups in total. The van der Waals surface area contributed by atoms with Crippen LogP contribution in [0.2, 0.25) is 0 Å². The number of aryl methyl sites for hydroxylation is 4. The van der Waals surface area contributed by atoms with Gasteiger partial charge in [0.2, 0.25) is 0 Å². The van der Waals surface area contributed by atoms with E-state index in [1.165, 1.54) is 97.2 Å². The van der Waals surface area contributed by atoms with E-state index in [1.807, 2.05) is 26.0 Å². The fraction of sp³-hybridized carbons (Fsp3) is 0.304. The SMILES string of the molecule is C/C=C(\C)CCC.CC.CCC(C)C1C=CC(c2ccc(C3C=CC(C)=CC3)cc2)=CC1c1c(C)ccc2c1C=CCC2.Cc1cccc(-c2ccccc2)c1.Cc1cccc(-c2ccccc2)c1. The Hall–Kier alpha value is -6.24. The van der Waals surface area contributed by atoms with Gasteiger partial charge >= 0.3 is 0 Å². The number of benzene rings is 6. The number of fused-ring (bicyclic) bond motifs is 1. The third kappa shape index (κ3) is 15.9. The quantitative estimate of drug-likeness (QED) is 0.127. The highest BCUT2D eigenvalue weighted by atomic mass is 14.3. The maximum Gasteiger partial charge on any atom is 0.0101 e. The van der Waals surface area contributed by atoms with Gasteiger partial charge in [-0.05, 0) is 140 Å². The average Bonchev–Trinajstić information content (AvgIpc) is 3.40. The van der Waals surface area contributed by atoms with E-state index in [0.717, 1.165) is 19.3 Å². The predicted octanol–water partition coefficient (Wildman–Crippen LogP) is 20.4. The summed E-state index contributed by atoms with van der Waals surface area (Å²) < 4.78 is 0. The summed E-state index contributed by atoms with van der Waals surface area (Å²) in [5, 5.41) is 0. The van der Waals surface area contributed by atoms with Crippen LogP contribution in [0.15, 0.2) is 205 Å². The summed E-state index contributed by atoms with van der Waals surface area (Å²) in [5.74, 6) is 2.11. The van der Waals surface area contributed by atoms with Crippen molar-refractivity contribution in [1.29, 1.82) is 0 Å². The van der Waals surface area contributed by atoms with Crippen molar-refractivity contribution >= 4 is 11.6 Å². The molecule has 358 valence electrons. The van der Waals surface area contributed by atoms with Crippen LogP contribution in [0.5, 0.6) is 0 Å². The minimum Gasteiger partial charge on any atom is -0.0887 e. The van der Waals surface area contributed by atoms with E-state index in [1.54, 1.807) is 5.56 Å². The van der Waals surface area contributed by atoms with E-state index in [2.05, 4.69) is 250 Å². The van der Waals surface area contributed by atoms with Gasteiger partial charge in [-0.3, -0.25) is 0 Å². The van der Waals surface area contributed by atoms with Crippen LogP contribution in [0, 0.1) is 32.6 Å². The molecule has 3 aliphatic rings. The van der Waals surface area contributed by atoms with Gasteiger partial charge in [0.15, 0.2) is 0 Å². The summed E-state index contributed by atoms with van der Waals surface area (Å²) in [5.41, 5.74) is 20.7. The molecular formula is C69H82. The molecule has 0 spiro atoms. The maximum atomic E-state index is 2.57. The molecule has 69 heavy (non-hydrogen) atoms. The monoisotopic (exact) mass is 911 g/mol. The fourth-order valence-electron chi connectivity index (χ4n) is 9.41. The predicted molar refractivity (Wildman–Crippen MR) is 307 cm³/mol. The third-order valence-corrected chi connectivity index (χ3v) is 13.7. The Morgan fingerprint density at radius 3 is 1.74 bits per heavy atom. The lowest BCUT2D eigenvalue weighted by Crippen LogP contribution is -2.21. The lowest BCUT2D eigenvalue weighted by Gasteiger charge is -2.34. The fourth-order valence-corrected chi connectivity index (χ4v) is 9.41. The van der Waals surface area contributed by atoms with E-state index in [0.29, 0.717) is 23.7 Å². The van der Waals surface area contributed by atoms with Gasteiger partial charge in [-0.15, -0.1) is 0 Å². The van der Waals surface area contributed by atoms with Crippen LogP contribution in [-0.4, -0.2) is 0 Å². The normalized spacial score (nSPS) is 17.1. The second kappa shape index (κ2) is 28.3. The maximum absolute atomic E-state index is 2.57. The number of hydrogen-bond acceptors (Lipinski definition) is 0. The summed E-state index contributed by atoms with van der Waals surface area (Å²) in [6, 6.07) is 52.0. The first-order valence-electron chi connectivity index (χ1n) is 26.1. The summed E-state index contributed by atoms with van der Waals surface area (Å²) in [4.78, 5) is 0. The zero-order chi connectivity index (χ0) is 49.5. The minimum absolute atomic E-state index is 0.418. The topological polar surface area (TPSA) is 0 Å². The largest absolute Gasteiger partial charge is 0.0887 e. The summed E-state index contributed by atoms with van der Waals surface area (Å²) in [7, 11) is 0. The van der Waals surface area contributed by atoms with Crippen molar-refractivity contribution in [3.63, 3.8) is 0 Å². The van der Waals surface area contributed by atoms with E-state index in [-0.39, 0.29) is 0 Å². The van der Waals surface area contributed by atoms with Crippen LogP contribution >= 0.6 is 0 Å². The van der Waals surface area contributed by atoms with Crippen molar-refractivity contribution < 1.29 is 0 Å². The highest BCUT2D eigenvalue weighted by Crippen LogP contribution is 2.44. The van der Waals surface area contributed by atoms with Gasteiger partial charge in [-0.25, -0.2) is 0 Å². The van der Waals surface area contributed by atoms with Crippen LogP contribution in [0.1, 0.15) is 144 Å². The molecule has 0 nitrogen and oxygen atoms in total. The molecule has 0 heterocycles. The van der Waals surface area contributed by atoms with Crippen LogP contribution in [-0.2, 0) is 6.42 Å². The molecule has 6 aromatic carbocycles. The molecule has 0 saturated heterocycles. The van der Waals surface area contributed by atoms with Crippen molar-refractivity contribution in [2.75, 3.05) is 0 Å². The first kappa shape index (κ1) is 53.7. The van der Waals surface area contributed by atoms with Gasteiger partial charge in [-0.1, -0.05) is 270 Å². The molecule has 4 atom stereocenters. The molecule has 0 aromatic heterocycles. The highest BCUT2D eigenvalue weighted by molar-refractivity contribution is 5.77. The third-order valence-electron chi connectivity index (χ3n) is 13.7.